The fourth-order valence-electron chi connectivity index (χ4n) is 2.09. The predicted molar refractivity (Wildman–Crippen MR) is 72.5 cm³/mol. The maximum Gasteiger partial charge on any atom is 0.131 e. The highest BCUT2D eigenvalue weighted by atomic mass is 32.1. The van der Waals surface area contributed by atoms with E-state index in [-0.39, 0.29) is 0 Å². The summed E-state index contributed by atoms with van der Waals surface area (Å²) in [6, 6.07) is 4.19. The Kier molecular flexibility index (Phi) is 3.71. The van der Waals surface area contributed by atoms with Crippen LogP contribution in [-0.2, 0) is 0 Å². The average Bonchev–Trinajstić information content (AvgIpc) is 2.54. The summed E-state index contributed by atoms with van der Waals surface area (Å²) in [5.74, 6) is 0. The van der Waals surface area contributed by atoms with Crippen LogP contribution in [-0.4, -0.2) is 38.1 Å². The van der Waals surface area contributed by atoms with Crippen molar-refractivity contribution in [3.63, 3.8) is 0 Å². The second-order valence-electron chi connectivity index (χ2n) is 4.39. The van der Waals surface area contributed by atoms with Crippen LogP contribution in [0.25, 0.3) is 0 Å². The molecule has 0 aliphatic carbocycles. The molecule has 1 fully saturated rings. The summed E-state index contributed by atoms with van der Waals surface area (Å²) >= 11 is 1.33. The first kappa shape index (κ1) is 12.7. The zero-order valence-corrected chi connectivity index (χ0v) is 11.1. The Labute approximate surface area is 111 Å². The van der Waals surface area contributed by atoms with Crippen LogP contribution in [0.4, 0.5) is 10.7 Å². The highest BCUT2D eigenvalue weighted by Crippen LogP contribution is 2.37. The summed E-state index contributed by atoms with van der Waals surface area (Å²) in [5.41, 5.74) is 6.62. The van der Waals surface area contributed by atoms with Crippen molar-refractivity contribution >= 4 is 22.0 Å². The Morgan fingerprint density at radius 1 is 1.17 bits per heavy atom. The number of hydrogen-bond donors (Lipinski definition) is 1. The second-order valence-corrected chi connectivity index (χ2v) is 5.39. The summed E-state index contributed by atoms with van der Waals surface area (Å²) in [5, 5.41) is 19.0. The lowest BCUT2D eigenvalue weighted by atomic mass is 10.2. The Morgan fingerprint density at radius 3 is 2.61 bits per heavy atom. The minimum atomic E-state index is 0.331. The van der Waals surface area contributed by atoms with E-state index in [2.05, 4.69) is 29.0 Å². The van der Waals surface area contributed by atoms with Gasteiger partial charge in [0.15, 0.2) is 0 Å². The van der Waals surface area contributed by atoms with Gasteiger partial charge in [0.25, 0.3) is 0 Å². The molecule has 0 saturated carbocycles. The first-order chi connectivity index (χ1) is 8.67. The van der Waals surface area contributed by atoms with Crippen LogP contribution in [0.5, 0.6) is 0 Å². The van der Waals surface area contributed by atoms with Gasteiger partial charge in [-0.3, -0.25) is 0 Å². The molecule has 5 nitrogen and oxygen atoms in total. The standard InChI is InChI=1S/C12H15N5S/c1-16-3-2-4-17(6-5-16)12-9(7-13)11(15)10(8-14)18-12/h2-6,15H2,1H3. The molecule has 6 heteroatoms. The number of nitrogens with two attached hydrogens (primary N) is 1. The van der Waals surface area contributed by atoms with Crippen molar-refractivity contribution in [1.29, 1.82) is 10.5 Å². The molecule has 0 unspecified atom stereocenters. The highest BCUT2D eigenvalue weighted by Gasteiger charge is 2.22. The minimum absolute atomic E-state index is 0.331. The summed E-state index contributed by atoms with van der Waals surface area (Å²) in [4.78, 5) is 4.89. The van der Waals surface area contributed by atoms with Crippen molar-refractivity contribution in [3.8, 4) is 12.1 Å². The molecular formula is C12H15N5S. The molecule has 0 spiro atoms. The van der Waals surface area contributed by atoms with Gasteiger partial charge in [-0.1, -0.05) is 0 Å². The zero-order valence-electron chi connectivity index (χ0n) is 10.3. The molecule has 0 aromatic carbocycles. The fourth-order valence-corrected chi connectivity index (χ4v) is 3.12. The number of hydrogen-bond acceptors (Lipinski definition) is 6. The van der Waals surface area contributed by atoms with Gasteiger partial charge in [-0.05, 0) is 20.0 Å². The van der Waals surface area contributed by atoms with Crippen LogP contribution in [0.3, 0.4) is 0 Å². The maximum atomic E-state index is 9.19. The van der Waals surface area contributed by atoms with E-state index in [0.29, 0.717) is 16.1 Å². The van der Waals surface area contributed by atoms with Crippen LogP contribution in [0.15, 0.2) is 0 Å². The van der Waals surface area contributed by atoms with E-state index in [0.717, 1.165) is 37.6 Å². The molecule has 0 atom stereocenters. The molecule has 2 rings (SSSR count). The van der Waals surface area contributed by atoms with Crippen molar-refractivity contribution in [3.05, 3.63) is 10.4 Å². The monoisotopic (exact) mass is 261 g/mol. The van der Waals surface area contributed by atoms with Crippen LogP contribution in [0, 0.1) is 22.7 Å². The molecular weight excluding hydrogens is 246 g/mol. The molecule has 1 saturated heterocycles. The number of anilines is 2. The minimum Gasteiger partial charge on any atom is -0.396 e. The molecule has 94 valence electrons. The van der Waals surface area contributed by atoms with Gasteiger partial charge in [-0.25, -0.2) is 0 Å². The normalized spacial score (nSPS) is 16.9. The molecule has 1 aromatic heterocycles. The largest absolute Gasteiger partial charge is 0.396 e. The number of nitriles is 2. The van der Waals surface area contributed by atoms with E-state index in [1.54, 1.807) is 0 Å². The van der Waals surface area contributed by atoms with Crippen molar-refractivity contribution in [2.75, 3.05) is 43.9 Å². The van der Waals surface area contributed by atoms with Crippen LogP contribution in [0.1, 0.15) is 16.9 Å². The van der Waals surface area contributed by atoms with E-state index in [1.807, 2.05) is 0 Å². The third kappa shape index (κ3) is 2.26. The lowest BCUT2D eigenvalue weighted by Gasteiger charge is -2.21. The average molecular weight is 261 g/mol. The van der Waals surface area contributed by atoms with Gasteiger partial charge in [-0.15, -0.1) is 11.3 Å². The van der Waals surface area contributed by atoms with Crippen molar-refractivity contribution in [2.24, 2.45) is 0 Å². The molecule has 1 aromatic rings. The molecule has 2 heterocycles. The Bertz CT molecular complexity index is 522. The third-order valence-electron chi connectivity index (χ3n) is 3.15. The summed E-state index contributed by atoms with van der Waals surface area (Å²) in [7, 11) is 2.10. The quantitative estimate of drug-likeness (QED) is 0.822. The van der Waals surface area contributed by atoms with Crippen molar-refractivity contribution in [2.45, 2.75) is 6.42 Å². The van der Waals surface area contributed by atoms with Gasteiger partial charge in [0.2, 0.25) is 0 Å². The lowest BCUT2D eigenvalue weighted by Crippen LogP contribution is -2.28. The van der Waals surface area contributed by atoms with Gasteiger partial charge < -0.3 is 15.5 Å². The molecule has 0 radical (unpaired) electrons. The molecule has 0 bridgehead atoms. The summed E-state index contributed by atoms with van der Waals surface area (Å²) in [6.45, 7) is 3.80. The Morgan fingerprint density at radius 2 is 1.94 bits per heavy atom. The molecule has 1 aliphatic heterocycles. The highest BCUT2D eigenvalue weighted by molar-refractivity contribution is 7.17. The smallest absolute Gasteiger partial charge is 0.131 e. The molecule has 0 amide bonds. The second kappa shape index (κ2) is 5.26. The fraction of sp³-hybridized carbons (Fsp3) is 0.500. The lowest BCUT2D eigenvalue weighted by molar-refractivity contribution is 0.360. The molecule has 1 aliphatic rings. The number of likely N-dealkylation sites (N-methyl/N-ethyl adjacent to an activating group) is 1. The summed E-state index contributed by atoms with van der Waals surface area (Å²) in [6.07, 6.45) is 1.06. The van der Waals surface area contributed by atoms with Crippen LogP contribution < -0.4 is 10.6 Å². The van der Waals surface area contributed by atoms with Crippen LogP contribution >= 0.6 is 11.3 Å². The number of nitrogens with zero attached hydrogens (tertiary/aromatic N) is 4. The van der Waals surface area contributed by atoms with E-state index in [9.17, 15) is 5.26 Å². The topological polar surface area (TPSA) is 80.1 Å². The van der Waals surface area contributed by atoms with E-state index in [4.69, 9.17) is 11.0 Å². The van der Waals surface area contributed by atoms with Crippen molar-refractivity contribution < 1.29 is 0 Å². The van der Waals surface area contributed by atoms with Gasteiger partial charge in [0.05, 0.1) is 5.69 Å². The Balaban J connectivity index is 2.33. The Hall–Kier alpha value is -1.76. The number of nitrogen functional groups attached to an aromatic ring is 1. The van der Waals surface area contributed by atoms with Gasteiger partial charge in [0.1, 0.15) is 27.6 Å². The third-order valence-corrected chi connectivity index (χ3v) is 4.32. The maximum absolute atomic E-state index is 9.19. The zero-order chi connectivity index (χ0) is 13.1. The number of rotatable bonds is 1. The van der Waals surface area contributed by atoms with Crippen LogP contribution in [0.2, 0.25) is 0 Å². The van der Waals surface area contributed by atoms with E-state index < -0.39 is 0 Å². The van der Waals surface area contributed by atoms with Gasteiger partial charge in [0, 0.05) is 19.6 Å². The van der Waals surface area contributed by atoms with Crippen molar-refractivity contribution in [1.82, 2.24) is 4.90 Å². The van der Waals surface area contributed by atoms with Gasteiger partial charge in [-0.2, -0.15) is 10.5 Å². The number of thiophene rings is 1. The van der Waals surface area contributed by atoms with E-state index >= 15 is 0 Å². The van der Waals surface area contributed by atoms with Gasteiger partial charge >= 0.3 is 0 Å². The molecule has 2 N–H and O–H groups in total. The molecule has 18 heavy (non-hydrogen) atoms. The first-order valence-corrected chi connectivity index (χ1v) is 6.65. The summed E-state index contributed by atoms with van der Waals surface area (Å²) < 4.78 is 0. The van der Waals surface area contributed by atoms with E-state index in [1.165, 1.54) is 11.3 Å². The first-order valence-electron chi connectivity index (χ1n) is 5.83. The SMILES string of the molecule is CN1CCCN(c2sc(C#N)c(N)c2C#N)CC1. The predicted octanol–water partition coefficient (Wildman–Crippen LogP) is 1.22.